The van der Waals surface area contributed by atoms with Crippen molar-refractivity contribution in [1.29, 1.82) is 0 Å². The highest BCUT2D eigenvalue weighted by atomic mass is 32.2. The molecule has 0 atom stereocenters. The van der Waals surface area contributed by atoms with Crippen molar-refractivity contribution in [1.82, 2.24) is 4.98 Å². The predicted octanol–water partition coefficient (Wildman–Crippen LogP) is 3.12. The van der Waals surface area contributed by atoms with Crippen molar-refractivity contribution >= 4 is 33.4 Å². The second-order valence-corrected chi connectivity index (χ2v) is 4.70. The number of thioether (sulfide) groups is 1. The van der Waals surface area contributed by atoms with Crippen LogP contribution in [-0.4, -0.2) is 16.4 Å². The summed E-state index contributed by atoms with van der Waals surface area (Å²) >= 11 is 2.92. The summed E-state index contributed by atoms with van der Waals surface area (Å²) < 4.78 is 0. The topological polar surface area (TPSA) is 51.3 Å². The van der Waals surface area contributed by atoms with Gasteiger partial charge in [0, 0.05) is 10.9 Å². The standard InChI is InChI=1S/C11H11N3S2/c1-15-10(12)14-11-13-9(7-16-11)8-5-3-2-4-6-8/h2-7H,1H3,(H2,12,13,14). The van der Waals surface area contributed by atoms with Gasteiger partial charge in [-0.25, -0.2) is 4.98 Å². The van der Waals surface area contributed by atoms with Crippen LogP contribution >= 0.6 is 23.1 Å². The summed E-state index contributed by atoms with van der Waals surface area (Å²) in [7, 11) is 0. The Morgan fingerprint density at radius 3 is 2.81 bits per heavy atom. The molecule has 0 bridgehead atoms. The molecule has 0 aliphatic heterocycles. The molecule has 2 aromatic rings. The summed E-state index contributed by atoms with van der Waals surface area (Å²) in [6.45, 7) is 0. The number of aliphatic imine (C=N–C) groups is 1. The lowest BCUT2D eigenvalue weighted by atomic mass is 10.2. The van der Waals surface area contributed by atoms with Gasteiger partial charge < -0.3 is 5.73 Å². The quantitative estimate of drug-likeness (QED) is 0.657. The predicted molar refractivity (Wildman–Crippen MR) is 72.3 cm³/mol. The number of hydrogen-bond acceptors (Lipinski definition) is 4. The number of rotatable bonds is 2. The average Bonchev–Trinajstić information content (AvgIpc) is 2.78. The Morgan fingerprint density at radius 1 is 1.38 bits per heavy atom. The Kier molecular flexibility index (Phi) is 3.58. The zero-order chi connectivity index (χ0) is 11.4. The van der Waals surface area contributed by atoms with Crippen molar-refractivity contribution in [2.24, 2.45) is 10.7 Å². The highest BCUT2D eigenvalue weighted by Crippen LogP contribution is 2.26. The van der Waals surface area contributed by atoms with Gasteiger partial charge >= 0.3 is 0 Å². The molecule has 0 spiro atoms. The summed E-state index contributed by atoms with van der Waals surface area (Å²) in [4.78, 5) is 8.59. The molecule has 0 saturated heterocycles. The van der Waals surface area contributed by atoms with Gasteiger partial charge in [0.05, 0.1) is 5.69 Å². The number of amidine groups is 1. The first-order chi connectivity index (χ1) is 7.79. The van der Waals surface area contributed by atoms with Crippen LogP contribution in [0.2, 0.25) is 0 Å². The molecule has 1 aromatic heterocycles. The third kappa shape index (κ3) is 2.62. The molecule has 0 aliphatic rings. The maximum absolute atomic E-state index is 5.63. The number of aromatic nitrogens is 1. The largest absolute Gasteiger partial charge is 0.378 e. The normalized spacial score (nSPS) is 11.7. The summed E-state index contributed by atoms with van der Waals surface area (Å²) in [5, 5.41) is 3.22. The molecule has 0 unspecified atom stereocenters. The van der Waals surface area contributed by atoms with E-state index in [-0.39, 0.29) is 0 Å². The van der Waals surface area contributed by atoms with Gasteiger partial charge in [0.1, 0.15) is 0 Å². The van der Waals surface area contributed by atoms with Crippen LogP contribution in [0.1, 0.15) is 0 Å². The van der Waals surface area contributed by atoms with Gasteiger partial charge in [0.15, 0.2) is 5.17 Å². The van der Waals surface area contributed by atoms with Crippen LogP contribution in [-0.2, 0) is 0 Å². The Bertz CT molecular complexity index is 491. The van der Waals surface area contributed by atoms with Gasteiger partial charge in [-0.3, -0.25) is 0 Å². The summed E-state index contributed by atoms with van der Waals surface area (Å²) in [5.41, 5.74) is 7.68. The third-order valence-electron chi connectivity index (χ3n) is 1.98. The van der Waals surface area contributed by atoms with Crippen molar-refractivity contribution < 1.29 is 0 Å². The molecule has 0 saturated carbocycles. The summed E-state index contributed by atoms with van der Waals surface area (Å²) in [6.07, 6.45) is 1.89. The van der Waals surface area contributed by atoms with Crippen molar-refractivity contribution in [3.05, 3.63) is 35.7 Å². The first kappa shape index (κ1) is 11.2. The minimum atomic E-state index is 0.536. The molecule has 1 aromatic carbocycles. The Balaban J connectivity index is 2.27. The van der Waals surface area contributed by atoms with Crippen LogP contribution in [0, 0.1) is 0 Å². The molecular formula is C11H11N3S2. The number of benzene rings is 1. The minimum absolute atomic E-state index is 0.536. The number of nitrogens with zero attached hydrogens (tertiary/aromatic N) is 2. The van der Waals surface area contributed by atoms with Crippen LogP contribution in [0.5, 0.6) is 0 Å². The van der Waals surface area contributed by atoms with Gasteiger partial charge in [-0.2, -0.15) is 4.99 Å². The lowest BCUT2D eigenvalue weighted by Crippen LogP contribution is -2.03. The van der Waals surface area contributed by atoms with Gasteiger partial charge in [-0.05, 0) is 6.26 Å². The van der Waals surface area contributed by atoms with E-state index in [0.29, 0.717) is 10.3 Å². The second kappa shape index (κ2) is 5.14. The molecule has 0 fully saturated rings. The highest BCUT2D eigenvalue weighted by molar-refractivity contribution is 8.13. The molecule has 1 heterocycles. The van der Waals surface area contributed by atoms with Crippen LogP contribution in [0.3, 0.4) is 0 Å². The van der Waals surface area contributed by atoms with Crippen molar-refractivity contribution in [3.8, 4) is 11.3 Å². The maximum Gasteiger partial charge on any atom is 0.212 e. The molecule has 0 aliphatic carbocycles. The SMILES string of the molecule is CS/C(N)=N\c1nc(-c2ccccc2)cs1. The van der Waals surface area contributed by atoms with Gasteiger partial charge in [-0.1, -0.05) is 42.1 Å². The molecule has 2 N–H and O–H groups in total. The van der Waals surface area contributed by atoms with E-state index in [9.17, 15) is 0 Å². The minimum Gasteiger partial charge on any atom is -0.378 e. The van der Waals surface area contributed by atoms with Crippen molar-refractivity contribution in [3.63, 3.8) is 0 Å². The van der Waals surface area contributed by atoms with Crippen LogP contribution in [0.25, 0.3) is 11.3 Å². The lowest BCUT2D eigenvalue weighted by molar-refractivity contribution is 1.35. The van der Waals surface area contributed by atoms with Gasteiger partial charge in [0.25, 0.3) is 0 Å². The van der Waals surface area contributed by atoms with Crippen LogP contribution in [0.15, 0.2) is 40.7 Å². The molecule has 16 heavy (non-hydrogen) atoms. The first-order valence-electron chi connectivity index (χ1n) is 4.68. The average molecular weight is 249 g/mol. The maximum atomic E-state index is 5.63. The number of nitrogens with two attached hydrogens (primary N) is 1. The zero-order valence-electron chi connectivity index (χ0n) is 8.75. The monoisotopic (exact) mass is 249 g/mol. The molecule has 5 heteroatoms. The number of thiazole rings is 1. The zero-order valence-corrected chi connectivity index (χ0v) is 10.4. The highest BCUT2D eigenvalue weighted by Gasteiger charge is 2.03. The summed E-state index contributed by atoms with van der Waals surface area (Å²) in [5.74, 6) is 0. The van der Waals surface area contributed by atoms with Crippen LogP contribution < -0.4 is 5.73 Å². The molecule has 0 amide bonds. The van der Waals surface area contributed by atoms with E-state index in [4.69, 9.17) is 5.73 Å². The molecule has 82 valence electrons. The van der Waals surface area contributed by atoms with E-state index in [0.717, 1.165) is 11.3 Å². The third-order valence-corrected chi connectivity index (χ3v) is 3.22. The molecule has 0 radical (unpaired) electrons. The Hall–Kier alpha value is -1.33. The number of hydrogen-bond donors (Lipinski definition) is 1. The van der Waals surface area contributed by atoms with E-state index in [1.165, 1.54) is 23.1 Å². The van der Waals surface area contributed by atoms with Gasteiger partial charge in [-0.15, -0.1) is 11.3 Å². The lowest BCUT2D eigenvalue weighted by Gasteiger charge is -1.93. The van der Waals surface area contributed by atoms with E-state index in [2.05, 4.69) is 9.98 Å². The fourth-order valence-corrected chi connectivity index (χ4v) is 2.14. The summed E-state index contributed by atoms with van der Waals surface area (Å²) in [6, 6.07) is 10.0. The van der Waals surface area contributed by atoms with E-state index >= 15 is 0 Å². The van der Waals surface area contributed by atoms with Crippen molar-refractivity contribution in [2.45, 2.75) is 0 Å². The Morgan fingerprint density at radius 2 is 2.12 bits per heavy atom. The fourth-order valence-electron chi connectivity index (χ4n) is 1.20. The Labute approximate surface area is 102 Å². The van der Waals surface area contributed by atoms with E-state index < -0.39 is 0 Å². The van der Waals surface area contributed by atoms with E-state index in [1.807, 2.05) is 42.0 Å². The van der Waals surface area contributed by atoms with Crippen LogP contribution in [0.4, 0.5) is 5.13 Å². The molecule has 2 rings (SSSR count). The van der Waals surface area contributed by atoms with E-state index in [1.54, 1.807) is 0 Å². The molecular weight excluding hydrogens is 238 g/mol. The smallest absolute Gasteiger partial charge is 0.212 e. The fraction of sp³-hybridized carbons (Fsp3) is 0.0909. The first-order valence-corrected chi connectivity index (χ1v) is 6.79. The molecule has 3 nitrogen and oxygen atoms in total. The second-order valence-electron chi connectivity index (χ2n) is 3.04. The van der Waals surface area contributed by atoms with Crippen molar-refractivity contribution in [2.75, 3.05) is 6.26 Å². The van der Waals surface area contributed by atoms with Gasteiger partial charge in [0.2, 0.25) is 5.13 Å².